The highest BCUT2D eigenvalue weighted by molar-refractivity contribution is 8.00. The summed E-state index contributed by atoms with van der Waals surface area (Å²) in [5.74, 6) is -0.626. The number of amides is 1. The first-order valence-corrected chi connectivity index (χ1v) is 9.06. The van der Waals surface area contributed by atoms with Crippen LogP contribution in [0.3, 0.4) is 0 Å². The van der Waals surface area contributed by atoms with Crippen molar-refractivity contribution in [1.29, 1.82) is 0 Å². The monoisotopic (exact) mass is 373 g/mol. The second kappa shape index (κ2) is 7.10. The maximum atomic E-state index is 12.6. The average Bonchev–Trinajstić information content (AvgIpc) is 2.74. The van der Waals surface area contributed by atoms with Crippen molar-refractivity contribution >= 4 is 34.1 Å². The average molecular weight is 373 g/mol. The molecule has 1 aliphatic rings. The van der Waals surface area contributed by atoms with Gasteiger partial charge in [-0.15, -0.1) is 11.3 Å². The van der Waals surface area contributed by atoms with Crippen molar-refractivity contribution in [2.75, 3.05) is 5.32 Å². The Bertz CT molecular complexity index is 722. The van der Waals surface area contributed by atoms with Gasteiger partial charge in [-0.25, -0.2) is 9.97 Å². The van der Waals surface area contributed by atoms with Gasteiger partial charge in [0.2, 0.25) is 0 Å². The van der Waals surface area contributed by atoms with Crippen LogP contribution in [0.5, 0.6) is 0 Å². The van der Waals surface area contributed by atoms with Gasteiger partial charge in [0.25, 0.3) is 5.91 Å². The van der Waals surface area contributed by atoms with Crippen LogP contribution in [0.2, 0.25) is 0 Å². The number of carbonyl (C=O) groups is 1. The van der Waals surface area contributed by atoms with Crippen molar-refractivity contribution < 1.29 is 18.0 Å². The van der Waals surface area contributed by atoms with E-state index in [9.17, 15) is 18.0 Å². The van der Waals surface area contributed by atoms with Crippen LogP contribution in [0.25, 0.3) is 0 Å². The highest BCUT2D eigenvalue weighted by atomic mass is 32.2. The van der Waals surface area contributed by atoms with Crippen molar-refractivity contribution in [3.63, 3.8) is 0 Å². The minimum absolute atomic E-state index is 0.106. The van der Waals surface area contributed by atoms with E-state index in [0.29, 0.717) is 5.13 Å². The topological polar surface area (TPSA) is 54.9 Å². The first kappa shape index (κ1) is 17.2. The van der Waals surface area contributed by atoms with Crippen molar-refractivity contribution in [3.8, 4) is 0 Å². The van der Waals surface area contributed by atoms with E-state index in [1.807, 2.05) is 0 Å². The second-order valence-electron chi connectivity index (χ2n) is 5.31. The summed E-state index contributed by atoms with van der Waals surface area (Å²) in [4.78, 5) is 21.6. The van der Waals surface area contributed by atoms with Crippen molar-refractivity contribution in [3.05, 3.63) is 34.5 Å². The Hall–Kier alpha value is -1.61. The lowest BCUT2D eigenvalue weighted by atomic mass is 10.2. The molecule has 2 heterocycles. The molecule has 9 heteroatoms. The van der Waals surface area contributed by atoms with Crippen LogP contribution in [0.4, 0.5) is 18.3 Å². The van der Waals surface area contributed by atoms with Crippen molar-refractivity contribution in [1.82, 2.24) is 9.97 Å². The van der Waals surface area contributed by atoms with Gasteiger partial charge in [-0.2, -0.15) is 13.2 Å². The maximum absolute atomic E-state index is 12.6. The first-order valence-electron chi connectivity index (χ1n) is 7.43. The smallest absolute Gasteiger partial charge is 0.298 e. The number of rotatable bonds is 3. The zero-order valence-electron chi connectivity index (χ0n) is 12.5. The Morgan fingerprint density at radius 3 is 2.83 bits per heavy atom. The van der Waals surface area contributed by atoms with Crippen LogP contribution in [0, 0.1) is 0 Å². The van der Waals surface area contributed by atoms with Gasteiger partial charge < -0.3 is 0 Å². The number of fused-ring (bicyclic) bond motifs is 1. The lowest BCUT2D eigenvalue weighted by Crippen LogP contribution is -2.14. The second-order valence-corrected chi connectivity index (χ2v) is 7.44. The molecule has 1 aliphatic carbocycles. The van der Waals surface area contributed by atoms with Crippen LogP contribution >= 0.6 is 23.1 Å². The van der Waals surface area contributed by atoms with E-state index in [-0.39, 0.29) is 10.6 Å². The van der Waals surface area contributed by atoms with Gasteiger partial charge in [0.15, 0.2) is 5.13 Å². The summed E-state index contributed by atoms with van der Waals surface area (Å²) in [6, 6.07) is 2.77. The summed E-state index contributed by atoms with van der Waals surface area (Å²) in [6.45, 7) is 0. The lowest BCUT2D eigenvalue weighted by Gasteiger charge is -2.09. The summed E-state index contributed by atoms with van der Waals surface area (Å²) in [5.41, 5.74) is -3.61. The quantitative estimate of drug-likeness (QED) is 0.627. The molecule has 0 aliphatic heterocycles. The van der Waals surface area contributed by atoms with Crippen LogP contribution in [-0.4, -0.2) is 21.4 Å². The fraction of sp³-hybridized carbons (Fsp3) is 0.400. The standard InChI is InChI=1S/C15H14F3N3OS2/c16-15(17,18)24-13-9(5-4-8-19-13)12(22)21-14-20-10-6-2-1-3-7-11(10)23-14/h4-5,8H,1-3,6-7H2,(H,20,21,22). The Morgan fingerprint density at radius 1 is 1.25 bits per heavy atom. The molecule has 4 nitrogen and oxygen atoms in total. The number of thioether (sulfide) groups is 1. The number of hydrogen-bond acceptors (Lipinski definition) is 5. The minimum atomic E-state index is -4.50. The number of anilines is 1. The molecule has 2 aromatic heterocycles. The molecule has 24 heavy (non-hydrogen) atoms. The number of nitrogens with one attached hydrogen (secondary N) is 1. The summed E-state index contributed by atoms with van der Waals surface area (Å²) < 4.78 is 37.8. The van der Waals surface area contributed by atoms with E-state index in [0.717, 1.165) is 36.3 Å². The molecule has 0 saturated heterocycles. The molecule has 1 amide bonds. The largest absolute Gasteiger partial charge is 0.447 e. The van der Waals surface area contributed by atoms with E-state index in [2.05, 4.69) is 15.3 Å². The predicted octanol–water partition coefficient (Wildman–Crippen LogP) is 4.67. The molecule has 0 fully saturated rings. The number of halogens is 3. The maximum Gasteiger partial charge on any atom is 0.447 e. The molecule has 0 atom stereocenters. The van der Waals surface area contributed by atoms with E-state index in [1.165, 1.54) is 36.1 Å². The number of aryl methyl sites for hydroxylation is 2. The number of hydrogen-bond donors (Lipinski definition) is 1. The SMILES string of the molecule is O=C(Nc1nc2c(s1)CCCCC2)c1cccnc1SC(F)(F)F. The van der Waals surface area contributed by atoms with Crippen LogP contribution in [0.15, 0.2) is 23.4 Å². The highest BCUT2D eigenvalue weighted by Crippen LogP contribution is 2.37. The minimum Gasteiger partial charge on any atom is -0.298 e. The number of pyridine rings is 1. The summed E-state index contributed by atoms with van der Waals surface area (Å²) in [5, 5.41) is 2.68. The summed E-state index contributed by atoms with van der Waals surface area (Å²) in [6.07, 6.45) is 6.38. The lowest BCUT2D eigenvalue weighted by molar-refractivity contribution is -0.0329. The van der Waals surface area contributed by atoms with Gasteiger partial charge in [-0.3, -0.25) is 10.1 Å². The summed E-state index contributed by atoms with van der Waals surface area (Å²) >= 11 is 1.01. The number of carbonyl (C=O) groups excluding carboxylic acids is 1. The van der Waals surface area contributed by atoms with Gasteiger partial charge in [-0.05, 0) is 37.8 Å². The predicted molar refractivity (Wildman–Crippen MR) is 87.5 cm³/mol. The van der Waals surface area contributed by atoms with Gasteiger partial charge in [0, 0.05) is 22.8 Å². The zero-order valence-corrected chi connectivity index (χ0v) is 14.2. The molecule has 128 valence electrons. The highest BCUT2D eigenvalue weighted by Gasteiger charge is 2.32. The first-order chi connectivity index (χ1) is 11.4. The molecular formula is C15H14F3N3OS2. The Morgan fingerprint density at radius 2 is 2.04 bits per heavy atom. The Balaban J connectivity index is 1.78. The molecule has 0 bridgehead atoms. The van der Waals surface area contributed by atoms with Crippen LogP contribution < -0.4 is 5.32 Å². The van der Waals surface area contributed by atoms with Gasteiger partial charge >= 0.3 is 5.51 Å². The molecule has 0 spiro atoms. The zero-order chi connectivity index (χ0) is 17.2. The fourth-order valence-electron chi connectivity index (χ4n) is 2.50. The third-order valence-electron chi connectivity index (χ3n) is 3.54. The van der Waals surface area contributed by atoms with E-state index >= 15 is 0 Å². The van der Waals surface area contributed by atoms with Crippen molar-refractivity contribution in [2.45, 2.75) is 42.6 Å². The normalized spacial score (nSPS) is 14.8. The molecule has 0 unspecified atom stereocenters. The number of alkyl halides is 3. The van der Waals surface area contributed by atoms with E-state index in [1.54, 1.807) is 0 Å². The number of nitrogens with zero attached hydrogens (tertiary/aromatic N) is 2. The number of thiazole rings is 1. The van der Waals surface area contributed by atoms with Gasteiger partial charge in [0.1, 0.15) is 5.03 Å². The molecular weight excluding hydrogens is 359 g/mol. The Labute approximate surface area is 144 Å². The number of aromatic nitrogens is 2. The van der Waals surface area contributed by atoms with Crippen LogP contribution in [0.1, 0.15) is 40.2 Å². The molecule has 3 rings (SSSR count). The third-order valence-corrected chi connectivity index (χ3v) is 5.37. The Kier molecular flexibility index (Phi) is 5.09. The molecule has 1 N–H and O–H groups in total. The third kappa shape index (κ3) is 4.27. The van der Waals surface area contributed by atoms with Crippen LogP contribution in [-0.2, 0) is 12.8 Å². The van der Waals surface area contributed by atoms with E-state index in [4.69, 9.17) is 0 Å². The van der Waals surface area contributed by atoms with Crippen molar-refractivity contribution in [2.24, 2.45) is 0 Å². The fourth-order valence-corrected chi connectivity index (χ4v) is 4.15. The van der Waals surface area contributed by atoms with Gasteiger partial charge in [-0.1, -0.05) is 6.42 Å². The summed E-state index contributed by atoms with van der Waals surface area (Å²) in [7, 11) is 0. The molecule has 0 aromatic carbocycles. The van der Waals surface area contributed by atoms with Gasteiger partial charge in [0.05, 0.1) is 11.3 Å². The van der Waals surface area contributed by atoms with E-state index < -0.39 is 23.2 Å². The molecule has 0 radical (unpaired) electrons. The molecule has 0 saturated carbocycles. The molecule has 2 aromatic rings.